The molecule has 5 nitrogen and oxygen atoms in total. The largest absolute Gasteiger partial charge is 0.242 e. The van der Waals surface area contributed by atoms with Crippen LogP contribution >= 0.6 is 46.4 Å². The van der Waals surface area contributed by atoms with Crippen molar-refractivity contribution in [1.82, 2.24) is 14.7 Å². The van der Waals surface area contributed by atoms with Crippen LogP contribution in [0.25, 0.3) is 21.5 Å². The fourth-order valence-corrected chi connectivity index (χ4v) is 5.10. The summed E-state index contributed by atoms with van der Waals surface area (Å²) in [5, 5.41) is 4.84. The highest BCUT2D eigenvalue weighted by atomic mass is 35.5. The lowest BCUT2D eigenvalue weighted by Crippen LogP contribution is -2.30. The number of rotatable bonds is 3. The molecular formula is C22H21Cl4N3O2S. The average molecular weight is 534 g/mol. The first-order chi connectivity index (χ1) is 15.0. The van der Waals surface area contributed by atoms with E-state index in [1.807, 2.05) is 25.1 Å². The van der Waals surface area contributed by atoms with Crippen molar-refractivity contribution in [2.75, 3.05) is 0 Å². The van der Waals surface area contributed by atoms with Crippen molar-refractivity contribution in [1.29, 1.82) is 0 Å². The Kier molecular flexibility index (Phi) is 7.86. The zero-order valence-electron chi connectivity index (χ0n) is 17.3. The van der Waals surface area contributed by atoms with Crippen molar-refractivity contribution in [3.8, 4) is 0 Å². The molecule has 0 saturated carbocycles. The Hall–Kier alpha value is -1.67. The zero-order valence-corrected chi connectivity index (χ0v) is 21.2. The molecule has 0 fully saturated rings. The van der Waals surface area contributed by atoms with E-state index in [-0.39, 0.29) is 17.5 Å². The molecule has 170 valence electrons. The van der Waals surface area contributed by atoms with Gasteiger partial charge in [-0.3, -0.25) is 0 Å². The van der Waals surface area contributed by atoms with Crippen molar-refractivity contribution in [3.05, 3.63) is 74.7 Å². The van der Waals surface area contributed by atoms with Gasteiger partial charge in [0.05, 0.1) is 14.9 Å². The lowest BCUT2D eigenvalue weighted by Gasteiger charge is -2.10. The number of nitrogens with zero attached hydrogens (tertiary/aromatic N) is 2. The number of halogens is 4. The molecule has 1 N–H and O–H groups in total. The maximum Gasteiger partial charge on any atom is 0.240 e. The van der Waals surface area contributed by atoms with Gasteiger partial charge >= 0.3 is 0 Å². The van der Waals surface area contributed by atoms with Crippen molar-refractivity contribution >= 4 is 78.0 Å². The Bertz CT molecular complexity index is 1420. The van der Waals surface area contributed by atoms with Crippen LogP contribution in [0.2, 0.25) is 20.4 Å². The summed E-state index contributed by atoms with van der Waals surface area (Å²) in [5.74, 6) is 0. The molecule has 4 aromatic rings. The van der Waals surface area contributed by atoms with Crippen molar-refractivity contribution < 1.29 is 9.84 Å². The molecule has 0 aliphatic rings. The summed E-state index contributed by atoms with van der Waals surface area (Å²) in [5.41, 5.74) is 1.15. The Morgan fingerprint density at radius 1 is 0.812 bits per heavy atom. The quantitative estimate of drug-likeness (QED) is 0.280. The van der Waals surface area contributed by atoms with Gasteiger partial charge in [-0.2, -0.15) is 0 Å². The van der Waals surface area contributed by atoms with E-state index in [4.69, 9.17) is 46.4 Å². The standard InChI is InChI=1S/C12H12Cl2N2O2S.C10H7Cl2N.H2/c1-7(2)16-19(17,18)8-3-4-9-10(5-8)12(14)15-6-11(9)13;1-6-2-3-7-8(4-6)10(12)13-5-9(7)11;/h3-7,16H,1-2H3;2-5H,1H3;1H/i;;1+1. The highest BCUT2D eigenvalue weighted by Crippen LogP contribution is 2.30. The fraction of sp³-hybridized carbons (Fsp3) is 0.182. The molecule has 0 spiro atoms. The molecule has 4 rings (SSSR count). The number of fused-ring (bicyclic) bond motifs is 2. The van der Waals surface area contributed by atoms with Gasteiger partial charge in [-0.1, -0.05) is 70.2 Å². The summed E-state index contributed by atoms with van der Waals surface area (Å²) in [4.78, 5) is 8.03. The summed E-state index contributed by atoms with van der Waals surface area (Å²) in [7, 11) is -3.56. The van der Waals surface area contributed by atoms with E-state index in [1.165, 1.54) is 18.3 Å². The first-order valence-corrected chi connectivity index (χ1v) is 12.5. The highest BCUT2D eigenvalue weighted by molar-refractivity contribution is 7.89. The number of pyridine rings is 2. The van der Waals surface area contributed by atoms with Crippen LogP contribution in [0.5, 0.6) is 0 Å². The van der Waals surface area contributed by atoms with E-state index in [1.54, 1.807) is 26.1 Å². The predicted octanol–water partition coefficient (Wildman–Crippen LogP) is 7.32. The summed E-state index contributed by atoms with van der Waals surface area (Å²) >= 11 is 23.9. The van der Waals surface area contributed by atoms with Crippen LogP contribution in [0, 0.1) is 6.92 Å². The second-order valence-corrected chi connectivity index (χ2v) is 10.6. The van der Waals surface area contributed by atoms with E-state index < -0.39 is 10.0 Å². The van der Waals surface area contributed by atoms with Gasteiger partial charge in [0.25, 0.3) is 0 Å². The van der Waals surface area contributed by atoms with E-state index in [9.17, 15) is 8.42 Å². The third-order valence-electron chi connectivity index (χ3n) is 4.41. The van der Waals surface area contributed by atoms with Crippen LogP contribution in [-0.4, -0.2) is 24.4 Å². The maximum atomic E-state index is 12.1. The van der Waals surface area contributed by atoms with Crippen molar-refractivity contribution in [2.24, 2.45) is 0 Å². The minimum atomic E-state index is -3.56. The second-order valence-electron chi connectivity index (χ2n) is 7.33. The third-order valence-corrected chi connectivity index (χ3v) is 7.27. The smallest absolute Gasteiger partial charge is 0.240 e. The van der Waals surface area contributed by atoms with Crippen molar-refractivity contribution in [3.63, 3.8) is 0 Å². The summed E-state index contributed by atoms with van der Waals surface area (Å²) in [6.45, 7) is 5.52. The average Bonchev–Trinajstić information content (AvgIpc) is 2.73. The van der Waals surface area contributed by atoms with Gasteiger partial charge in [0, 0.05) is 41.4 Å². The monoisotopic (exact) mass is 532 g/mol. The fourth-order valence-electron chi connectivity index (χ4n) is 2.99. The van der Waals surface area contributed by atoms with Crippen LogP contribution in [0.1, 0.15) is 20.8 Å². The molecule has 0 unspecified atom stereocenters. The van der Waals surface area contributed by atoms with E-state index >= 15 is 0 Å². The maximum absolute atomic E-state index is 12.1. The summed E-state index contributed by atoms with van der Waals surface area (Å²) in [6.07, 6.45) is 3.01. The molecule has 0 atom stereocenters. The van der Waals surface area contributed by atoms with Crippen LogP contribution in [0.4, 0.5) is 0 Å². The first kappa shape index (κ1) is 25.0. The van der Waals surface area contributed by atoms with E-state index in [0.29, 0.717) is 26.0 Å². The molecule has 10 heteroatoms. The molecule has 2 aromatic carbocycles. The van der Waals surface area contributed by atoms with Gasteiger partial charge in [-0.25, -0.2) is 23.1 Å². The lowest BCUT2D eigenvalue weighted by atomic mass is 10.1. The van der Waals surface area contributed by atoms with E-state index in [2.05, 4.69) is 14.7 Å². The normalized spacial score (nSPS) is 11.6. The Labute approximate surface area is 208 Å². The molecule has 32 heavy (non-hydrogen) atoms. The molecule has 0 saturated heterocycles. The Balaban J connectivity index is 0.000000241. The van der Waals surface area contributed by atoms with Crippen LogP contribution in [0.15, 0.2) is 53.7 Å². The summed E-state index contributed by atoms with van der Waals surface area (Å²) in [6, 6.07) is 10.4. The molecule has 0 bridgehead atoms. The Morgan fingerprint density at radius 2 is 1.31 bits per heavy atom. The van der Waals surface area contributed by atoms with E-state index in [0.717, 1.165) is 16.3 Å². The number of aromatic nitrogens is 2. The lowest BCUT2D eigenvalue weighted by molar-refractivity contribution is 0.570. The van der Waals surface area contributed by atoms with Gasteiger partial charge in [-0.15, -0.1) is 0 Å². The van der Waals surface area contributed by atoms with Crippen LogP contribution < -0.4 is 4.72 Å². The predicted molar refractivity (Wildman–Crippen MR) is 136 cm³/mol. The topological polar surface area (TPSA) is 72.0 Å². The van der Waals surface area contributed by atoms with Gasteiger partial charge in [0.2, 0.25) is 10.0 Å². The Morgan fingerprint density at radius 3 is 1.84 bits per heavy atom. The van der Waals surface area contributed by atoms with Gasteiger partial charge in [0.1, 0.15) is 10.3 Å². The minimum absolute atomic E-state index is 0. The molecule has 0 radical (unpaired) electrons. The van der Waals surface area contributed by atoms with Gasteiger partial charge < -0.3 is 0 Å². The molecule has 0 amide bonds. The zero-order chi connectivity index (χ0) is 23.6. The molecule has 2 heterocycles. The number of sulfonamides is 1. The van der Waals surface area contributed by atoms with Gasteiger partial charge in [0.15, 0.2) is 0 Å². The highest BCUT2D eigenvalue weighted by Gasteiger charge is 2.17. The minimum Gasteiger partial charge on any atom is -0.242 e. The molecule has 0 aliphatic heterocycles. The van der Waals surface area contributed by atoms with Gasteiger partial charge in [-0.05, 0) is 39.0 Å². The van der Waals surface area contributed by atoms with Crippen LogP contribution in [-0.2, 0) is 10.0 Å². The second kappa shape index (κ2) is 10.1. The molecule has 0 aliphatic carbocycles. The number of aryl methyl sites for hydroxylation is 1. The third kappa shape index (κ3) is 5.63. The van der Waals surface area contributed by atoms with Crippen molar-refractivity contribution in [2.45, 2.75) is 31.7 Å². The number of nitrogens with one attached hydrogen (secondary N) is 1. The number of hydrogen-bond acceptors (Lipinski definition) is 4. The molecule has 2 aromatic heterocycles. The number of benzene rings is 2. The SMILES string of the molecule is CC(C)NS(=O)(=O)c1ccc2c(Cl)cnc(Cl)c2c1.Cc1ccc2c(Cl)cnc(Cl)c2c1.[2HH]. The number of hydrogen-bond donors (Lipinski definition) is 1. The van der Waals surface area contributed by atoms with Crippen LogP contribution in [0.3, 0.4) is 0 Å². The first-order valence-electron chi connectivity index (χ1n) is 9.46. The molecular weight excluding hydrogens is 512 g/mol. The summed E-state index contributed by atoms with van der Waals surface area (Å²) < 4.78 is 26.7.